The molecule has 0 fully saturated rings. The molecule has 1 N–H and O–H groups in total. The second kappa shape index (κ2) is 8.91. The second-order valence-electron chi connectivity index (χ2n) is 6.39. The fourth-order valence-corrected chi connectivity index (χ4v) is 4.13. The van der Waals surface area contributed by atoms with Crippen molar-refractivity contribution in [3.05, 3.63) is 82.9 Å². The Balaban J connectivity index is 1.92. The van der Waals surface area contributed by atoms with Gasteiger partial charge in [0.05, 0.1) is 34.0 Å². The maximum absolute atomic E-state index is 13.8. The molecule has 162 valence electrons. The van der Waals surface area contributed by atoms with Crippen LogP contribution >= 0.6 is 11.6 Å². The van der Waals surface area contributed by atoms with Gasteiger partial charge in [-0.1, -0.05) is 11.6 Å². The minimum absolute atomic E-state index is 0.0360. The first-order chi connectivity index (χ1) is 14.6. The van der Waals surface area contributed by atoms with E-state index in [0.29, 0.717) is 17.5 Å². The van der Waals surface area contributed by atoms with Crippen molar-refractivity contribution in [2.45, 2.75) is 4.90 Å². The van der Waals surface area contributed by atoms with E-state index in [2.05, 4.69) is 5.32 Å². The molecule has 0 unspecified atom stereocenters. The van der Waals surface area contributed by atoms with Crippen LogP contribution in [0.4, 0.5) is 20.2 Å². The second-order valence-corrected chi connectivity index (χ2v) is 8.77. The van der Waals surface area contributed by atoms with Crippen molar-refractivity contribution < 1.29 is 26.7 Å². The summed E-state index contributed by atoms with van der Waals surface area (Å²) in [7, 11) is -1.19. The molecular weight excluding hydrogens is 450 g/mol. The lowest BCUT2D eigenvalue weighted by molar-refractivity contribution is 0.102. The van der Waals surface area contributed by atoms with Crippen LogP contribution in [0.5, 0.6) is 5.75 Å². The highest BCUT2D eigenvalue weighted by molar-refractivity contribution is 7.92. The number of halogens is 3. The van der Waals surface area contributed by atoms with Gasteiger partial charge in [-0.3, -0.25) is 9.10 Å². The molecule has 31 heavy (non-hydrogen) atoms. The summed E-state index contributed by atoms with van der Waals surface area (Å²) in [4.78, 5) is 12.4. The minimum atomic E-state index is -4.04. The molecule has 0 atom stereocenters. The average molecular weight is 467 g/mol. The van der Waals surface area contributed by atoms with Crippen molar-refractivity contribution in [2.24, 2.45) is 0 Å². The number of methoxy groups -OCH3 is 1. The fraction of sp³-hybridized carbons (Fsp3) is 0.0952. The largest absolute Gasteiger partial charge is 0.497 e. The summed E-state index contributed by atoms with van der Waals surface area (Å²) in [6.07, 6.45) is 0. The molecule has 0 aliphatic carbocycles. The molecule has 0 aliphatic heterocycles. The standard InChI is InChI=1S/C21H17ClF2N2O4S/c1-26(14-4-6-15(30-2)7-5-14)31(28,29)16-8-9-18(22)17(12-16)21(27)25-20-10-3-13(23)11-19(20)24/h3-12H,1-2H3,(H,25,27). The molecule has 10 heteroatoms. The Morgan fingerprint density at radius 2 is 1.71 bits per heavy atom. The Morgan fingerprint density at radius 1 is 1.03 bits per heavy atom. The van der Waals surface area contributed by atoms with E-state index in [1.807, 2.05) is 0 Å². The van der Waals surface area contributed by atoms with Crippen molar-refractivity contribution in [2.75, 3.05) is 23.8 Å². The van der Waals surface area contributed by atoms with E-state index in [1.165, 1.54) is 26.3 Å². The number of sulfonamides is 1. The van der Waals surface area contributed by atoms with E-state index in [-0.39, 0.29) is 21.2 Å². The van der Waals surface area contributed by atoms with Crippen LogP contribution in [0, 0.1) is 11.6 Å². The number of benzene rings is 3. The molecule has 0 heterocycles. The first-order valence-electron chi connectivity index (χ1n) is 8.82. The van der Waals surface area contributed by atoms with Gasteiger partial charge < -0.3 is 10.1 Å². The summed E-state index contributed by atoms with van der Waals surface area (Å²) in [6.45, 7) is 0. The smallest absolute Gasteiger partial charge is 0.264 e. The number of hydrogen-bond acceptors (Lipinski definition) is 4. The van der Waals surface area contributed by atoms with Crippen LogP contribution in [0.2, 0.25) is 5.02 Å². The molecule has 0 aliphatic rings. The number of carbonyl (C=O) groups excluding carboxylic acids is 1. The van der Waals surface area contributed by atoms with Gasteiger partial charge in [-0.2, -0.15) is 0 Å². The van der Waals surface area contributed by atoms with Crippen LogP contribution < -0.4 is 14.4 Å². The van der Waals surface area contributed by atoms with Crippen LogP contribution in [-0.2, 0) is 10.0 Å². The summed E-state index contributed by atoms with van der Waals surface area (Å²) in [5.41, 5.74) is -0.0872. The maximum Gasteiger partial charge on any atom is 0.264 e. The average Bonchev–Trinajstić information content (AvgIpc) is 2.75. The lowest BCUT2D eigenvalue weighted by atomic mass is 10.2. The number of amides is 1. The zero-order valence-corrected chi connectivity index (χ0v) is 18.0. The van der Waals surface area contributed by atoms with Gasteiger partial charge in [0.25, 0.3) is 15.9 Å². The van der Waals surface area contributed by atoms with E-state index < -0.39 is 27.6 Å². The van der Waals surface area contributed by atoms with Crippen LogP contribution in [0.3, 0.4) is 0 Å². The Hall–Kier alpha value is -3.17. The number of carbonyl (C=O) groups is 1. The lowest BCUT2D eigenvalue weighted by Gasteiger charge is -2.20. The van der Waals surface area contributed by atoms with E-state index >= 15 is 0 Å². The predicted octanol–water partition coefficient (Wildman–Crippen LogP) is 4.70. The summed E-state index contributed by atoms with van der Waals surface area (Å²) in [5, 5.41) is 2.22. The summed E-state index contributed by atoms with van der Waals surface area (Å²) in [6, 6.07) is 12.6. The number of nitrogens with one attached hydrogen (secondary N) is 1. The van der Waals surface area contributed by atoms with Gasteiger partial charge in [-0.25, -0.2) is 17.2 Å². The van der Waals surface area contributed by atoms with Gasteiger partial charge in [0.2, 0.25) is 0 Å². The van der Waals surface area contributed by atoms with E-state index in [9.17, 15) is 22.0 Å². The maximum atomic E-state index is 13.8. The molecular formula is C21H17ClF2N2O4S. The molecule has 0 spiro atoms. The third-order valence-corrected chi connectivity index (χ3v) is 6.57. The first kappa shape index (κ1) is 22.5. The number of rotatable bonds is 6. The third kappa shape index (κ3) is 4.78. The van der Waals surface area contributed by atoms with E-state index in [4.69, 9.17) is 16.3 Å². The molecule has 0 radical (unpaired) electrons. The van der Waals surface area contributed by atoms with Crippen molar-refractivity contribution in [1.29, 1.82) is 0 Å². The van der Waals surface area contributed by atoms with Gasteiger partial charge in [-0.15, -0.1) is 0 Å². The highest BCUT2D eigenvalue weighted by Gasteiger charge is 2.24. The summed E-state index contributed by atoms with van der Waals surface area (Å²) in [5.74, 6) is -2.07. The topological polar surface area (TPSA) is 75.7 Å². The number of ether oxygens (including phenoxy) is 1. The van der Waals surface area contributed by atoms with Gasteiger partial charge in [0.1, 0.15) is 17.4 Å². The number of anilines is 2. The normalized spacial score (nSPS) is 11.1. The molecule has 0 saturated carbocycles. The van der Waals surface area contributed by atoms with Crippen molar-refractivity contribution in [3.8, 4) is 5.75 Å². The van der Waals surface area contributed by atoms with Gasteiger partial charge >= 0.3 is 0 Å². The van der Waals surface area contributed by atoms with Gasteiger partial charge in [0, 0.05) is 13.1 Å². The Bertz CT molecular complexity index is 1230. The molecule has 0 bridgehead atoms. The van der Waals surface area contributed by atoms with Crippen molar-refractivity contribution in [3.63, 3.8) is 0 Å². The predicted molar refractivity (Wildman–Crippen MR) is 114 cm³/mol. The van der Waals surface area contributed by atoms with Crippen LogP contribution in [0.1, 0.15) is 10.4 Å². The van der Waals surface area contributed by atoms with Crippen LogP contribution in [0.15, 0.2) is 65.6 Å². The molecule has 1 amide bonds. The SMILES string of the molecule is COc1ccc(N(C)S(=O)(=O)c2ccc(Cl)c(C(=O)Nc3ccc(F)cc3F)c2)cc1. The first-order valence-corrected chi connectivity index (χ1v) is 10.6. The zero-order chi connectivity index (χ0) is 22.8. The van der Waals surface area contributed by atoms with E-state index in [0.717, 1.165) is 22.5 Å². The quantitative estimate of drug-likeness (QED) is 0.571. The summed E-state index contributed by atoms with van der Waals surface area (Å²) >= 11 is 6.07. The molecule has 0 saturated heterocycles. The number of nitrogens with zero attached hydrogens (tertiary/aromatic N) is 1. The Labute approximate surface area is 183 Å². The fourth-order valence-electron chi connectivity index (χ4n) is 2.71. The molecule has 6 nitrogen and oxygen atoms in total. The highest BCUT2D eigenvalue weighted by atomic mass is 35.5. The van der Waals surface area contributed by atoms with Crippen molar-refractivity contribution >= 4 is 38.9 Å². The third-order valence-electron chi connectivity index (χ3n) is 4.46. The lowest BCUT2D eigenvalue weighted by Crippen LogP contribution is -2.27. The van der Waals surface area contributed by atoms with Gasteiger partial charge in [0.15, 0.2) is 0 Å². The van der Waals surface area contributed by atoms with Crippen LogP contribution in [0.25, 0.3) is 0 Å². The molecule has 3 aromatic rings. The van der Waals surface area contributed by atoms with Crippen LogP contribution in [-0.4, -0.2) is 28.5 Å². The molecule has 0 aromatic heterocycles. The number of hydrogen-bond donors (Lipinski definition) is 1. The molecule has 3 rings (SSSR count). The molecule has 3 aromatic carbocycles. The Morgan fingerprint density at radius 3 is 2.32 bits per heavy atom. The monoisotopic (exact) mass is 466 g/mol. The minimum Gasteiger partial charge on any atom is -0.497 e. The van der Waals surface area contributed by atoms with Gasteiger partial charge in [-0.05, 0) is 54.6 Å². The Kier molecular flexibility index (Phi) is 6.47. The van der Waals surface area contributed by atoms with Crippen molar-refractivity contribution in [1.82, 2.24) is 0 Å². The zero-order valence-electron chi connectivity index (χ0n) is 16.4. The summed E-state index contributed by atoms with van der Waals surface area (Å²) < 4.78 is 59.1. The highest BCUT2D eigenvalue weighted by Crippen LogP contribution is 2.28. The van der Waals surface area contributed by atoms with E-state index in [1.54, 1.807) is 24.3 Å².